The minimum absolute atomic E-state index is 0.0864. The number of carbonyl (C=O) groups excluding carboxylic acids is 1. The van der Waals surface area contributed by atoms with Crippen LogP contribution >= 0.6 is 0 Å². The van der Waals surface area contributed by atoms with Crippen molar-refractivity contribution in [1.29, 1.82) is 0 Å². The van der Waals surface area contributed by atoms with E-state index in [-0.39, 0.29) is 17.1 Å². The summed E-state index contributed by atoms with van der Waals surface area (Å²) in [6.45, 7) is 0. The maximum atomic E-state index is 12.5. The first-order valence-electron chi connectivity index (χ1n) is 7.97. The molecule has 0 atom stereocenters. The van der Waals surface area contributed by atoms with Gasteiger partial charge in [0.25, 0.3) is 0 Å². The molecule has 0 heterocycles. The third-order valence-electron chi connectivity index (χ3n) is 3.93. The first-order valence-corrected chi connectivity index (χ1v) is 7.97. The highest BCUT2D eigenvalue weighted by Crippen LogP contribution is 2.41. The van der Waals surface area contributed by atoms with Crippen molar-refractivity contribution in [1.82, 2.24) is 0 Å². The first kappa shape index (κ1) is 20.0. The summed E-state index contributed by atoms with van der Waals surface area (Å²) >= 11 is 0. The lowest BCUT2D eigenvalue weighted by Gasteiger charge is -2.14. The van der Waals surface area contributed by atoms with E-state index >= 15 is 0 Å². The molecule has 0 bridgehead atoms. The van der Waals surface area contributed by atoms with E-state index in [9.17, 15) is 9.90 Å². The van der Waals surface area contributed by atoms with E-state index in [1.54, 1.807) is 24.3 Å². The van der Waals surface area contributed by atoms with Gasteiger partial charge in [0.2, 0.25) is 11.5 Å². The average Bonchev–Trinajstić information content (AvgIpc) is 2.70. The second kappa shape index (κ2) is 8.84. The van der Waals surface area contributed by atoms with Crippen LogP contribution in [0.25, 0.3) is 6.08 Å². The zero-order valence-electron chi connectivity index (χ0n) is 15.9. The Hall–Kier alpha value is -3.35. The molecule has 2 rings (SSSR count). The lowest BCUT2D eigenvalue weighted by molar-refractivity contribution is 0.104. The first-order chi connectivity index (χ1) is 13.0. The molecule has 0 aliphatic heterocycles. The smallest absolute Gasteiger partial charge is 0.203 e. The molecule has 0 aromatic heterocycles. The standard InChI is InChI=1S/C20H22O7/c1-23-15-11-8-13(17(22)19(15)26-4)14(21)9-6-12-7-10-16(24-2)20(27-5)18(12)25-3/h6-11,22H,1-5H3. The summed E-state index contributed by atoms with van der Waals surface area (Å²) in [4.78, 5) is 12.5. The fraction of sp³-hybridized carbons (Fsp3) is 0.250. The summed E-state index contributed by atoms with van der Waals surface area (Å²) in [5.41, 5.74) is 0.701. The number of phenols is 1. The van der Waals surface area contributed by atoms with Crippen molar-refractivity contribution in [3.05, 3.63) is 41.5 Å². The number of methoxy groups -OCH3 is 5. The Morgan fingerprint density at radius 1 is 0.778 bits per heavy atom. The molecule has 0 amide bonds. The zero-order chi connectivity index (χ0) is 20.0. The Kier molecular flexibility index (Phi) is 6.54. The molecule has 1 N–H and O–H groups in total. The number of carbonyl (C=O) groups is 1. The third kappa shape index (κ3) is 3.92. The van der Waals surface area contributed by atoms with Crippen LogP contribution in [0.2, 0.25) is 0 Å². The molecule has 0 aliphatic carbocycles. The van der Waals surface area contributed by atoms with Crippen molar-refractivity contribution in [2.75, 3.05) is 35.5 Å². The Morgan fingerprint density at radius 3 is 1.89 bits per heavy atom. The molecule has 2 aromatic rings. The van der Waals surface area contributed by atoms with Crippen molar-refractivity contribution in [2.45, 2.75) is 0 Å². The quantitative estimate of drug-likeness (QED) is 0.560. The van der Waals surface area contributed by atoms with Crippen molar-refractivity contribution in [3.63, 3.8) is 0 Å². The van der Waals surface area contributed by atoms with E-state index < -0.39 is 5.78 Å². The number of ketones is 1. The molecule has 7 heteroatoms. The molecule has 144 valence electrons. The third-order valence-corrected chi connectivity index (χ3v) is 3.93. The van der Waals surface area contributed by atoms with Crippen LogP contribution in [0.4, 0.5) is 0 Å². The molecule has 0 unspecified atom stereocenters. The molecule has 0 saturated carbocycles. The molecule has 0 fully saturated rings. The van der Waals surface area contributed by atoms with Crippen LogP contribution in [0.5, 0.6) is 34.5 Å². The molecule has 0 radical (unpaired) electrons. The van der Waals surface area contributed by atoms with Crippen LogP contribution in [0.3, 0.4) is 0 Å². The van der Waals surface area contributed by atoms with Gasteiger partial charge in [0.05, 0.1) is 41.1 Å². The summed E-state index contributed by atoms with van der Waals surface area (Å²) in [5.74, 6) is 1.09. The fourth-order valence-corrected chi connectivity index (χ4v) is 2.62. The van der Waals surface area contributed by atoms with Crippen LogP contribution in [0.15, 0.2) is 30.3 Å². The Bertz CT molecular complexity index is 856. The van der Waals surface area contributed by atoms with E-state index in [1.807, 2.05) is 0 Å². The second-order valence-corrected chi connectivity index (χ2v) is 5.32. The molecular formula is C20H22O7. The summed E-state index contributed by atoms with van der Waals surface area (Å²) < 4.78 is 26.2. The number of benzene rings is 2. The summed E-state index contributed by atoms with van der Waals surface area (Å²) in [7, 11) is 7.35. The van der Waals surface area contributed by atoms with Gasteiger partial charge < -0.3 is 28.8 Å². The molecule has 0 saturated heterocycles. The zero-order valence-corrected chi connectivity index (χ0v) is 15.9. The molecule has 27 heavy (non-hydrogen) atoms. The second-order valence-electron chi connectivity index (χ2n) is 5.32. The molecule has 2 aromatic carbocycles. The average molecular weight is 374 g/mol. The van der Waals surface area contributed by atoms with E-state index in [0.29, 0.717) is 28.6 Å². The van der Waals surface area contributed by atoms with E-state index in [0.717, 1.165) is 0 Å². The fourth-order valence-electron chi connectivity index (χ4n) is 2.62. The maximum absolute atomic E-state index is 12.5. The molecular weight excluding hydrogens is 352 g/mol. The topological polar surface area (TPSA) is 83.5 Å². The van der Waals surface area contributed by atoms with Gasteiger partial charge in [-0.25, -0.2) is 0 Å². The predicted molar refractivity (Wildman–Crippen MR) is 101 cm³/mol. The highest BCUT2D eigenvalue weighted by atomic mass is 16.5. The highest BCUT2D eigenvalue weighted by molar-refractivity contribution is 6.09. The summed E-state index contributed by atoms with van der Waals surface area (Å²) in [6.07, 6.45) is 2.89. The van der Waals surface area contributed by atoms with Crippen LogP contribution in [-0.4, -0.2) is 46.4 Å². The molecule has 0 spiro atoms. The van der Waals surface area contributed by atoms with Gasteiger partial charge in [0, 0.05) is 5.56 Å². The minimum atomic E-state index is -0.412. The van der Waals surface area contributed by atoms with Gasteiger partial charge in [-0.3, -0.25) is 4.79 Å². The maximum Gasteiger partial charge on any atom is 0.203 e. The van der Waals surface area contributed by atoms with E-state index in [4.69, 9.17) is 23.7 Å². The van der Waals surface area contributed by atoms with Crippen molar-refractivity contribution in [2.24, 2.45) is 0 Å². The largest absolute Gasteiger partial charge is 0.504 e. The number of phenolic OH excluding ortho intramolecular Hbond substituents is 1. The van der Waals surface area contributed by atoms with E-state index in [2.05, 4.69) is 0 Å². The van der Waals surface area contributed by atoms with Gasteiger partial charge in [-0.15, -0.1) is 0 Å². The van der Waals surface area contributed by atoms with E-state index in [1.165, 1.54) is 47.7 Å². The van der Waals surface area contributed by atoms with Crippen LogP contribution in [0.1, 0.15) is 15.9 Å². The molecule has 0 aliphatic rings. The lowest BCUT2D eigenvalue weighted by Crippen LogP contribution is -1.99. The van der Waals surface area contributed by atoms with Crippen molar-refractivity contribution in [3.8, 4) is 34.5 Å². The Labute approximate surface area is 157 Å². The van der Waals surface area contributed by atoms with Gasteiger partial charge in [-0.05, 0) is 36.4 Å². The number of aromatic hydroxyl groups is 1. The van der Waals surface area contributed by atoms with Crippen LogP contribution in [-0.2, 0) is 0 Å². The van der Waals surface area contributed by atoms with Gasteiger partial charge >= 0.3 is 0 Å². The predicted octanol–water partition coefficient (Wildman–Crippen LogP) is 3.33. The number of hydrogen-bond donors (Lipinski definition) is 1. The Balaban J connectivity index is 2.41. The van der Waals surface area contributed by atoms with Crippen LogP contribution < -0.4 is 23.7 Å². The van der Waals surface area contributed by atoms with Gasteiger partial charge in [0.1, 0.15) is 0 Å². The Morgan fingerprint density at radius 2 is 1.33 bits per heavy atom. The van der Waals surface area contributed by atoms with Gasteiger partial charge in [-0.2, -0.15) is 0 Å². The number of hydrogen-bond acceptors (Lipinski definition) is 7. The number of ether oxygens (including phenoxy) is 5. The monoisotopic (exact) mass is 374 g/mol. The summed E-state index contributed by atoms with van der Waals surface area (Å²) in [6, 6.07) is 6.46. The SMILES string of the molecule is COc1ccc(C(=O)C=Cc2ccc(OC)c(OC)c2OC)c(O)c1OC. The minimum Gasteiger partial charge on any atom is -0.504 e. The lowest BCUT2D eigenvalue weighted by atomic mass is 10.1. The van der Waals surface area contributed by atoms with Crippen molar-refractivity contribution < 1.29 is 33.6 Å². The van der Waals surface area contributed by atoms with Gasteiger partial charge in [0.15, 0.2) is 28.8 Å². The summed E-state index contributed by atoms with van der Waals surface area (Å²) in [5, 5.41) is 10.3. The molecule has 7 nitrogen and oxygen atoms in total. The number of allylic oxidation sites excluding steroid dienone is 1. The number of rotatable bonds is 8. The normalized spacial score (nSPS) is 10.6. The van der Waals surface area contributed by atoms with Crippen molar-refractivity contribution >= 4 is 11.9 Å². The van der Waals surface area contributed by atoms with Crippen LogP contribution in [0, 0.1) is 0 Å². The highest BCUT2D eigenvalue weighted by Gasteiger charge is 2.18. The van der Waals surface area contributed by atoms with Gasteiger partial charge in [-0.1, -0.05) is 0 Å².